The summed E-state index contributed by atoms with van der Waals surface area (Å²) in [6.45, 7) is -0.158. The van der Waals surface area contributed by atoms with E-state index in [1.807, 2.05) is 12.1 Å². The van der Waals surface area contributed by atoms with E-state index < -0.39 is 5.82 Å². The smallest absolute Gasteiger partial charge is 0.222 e. The van der Waals surface area contributed by atoms with Gasteiger partial charge in [-0.3, -0.25) is 4.90 Å². The minimum atomic E-state index is -0.659. The predicted octanol–water partition coefficient (Wildman–Crippen LogP) is 3.47. The largest absolute Gasteiger partial charge is 0.479 e. The molecule has 0 aliphatic carbocycles. The lowest BCUT2D eigenvalue weighted by atomic mass is 10.2. The summed E-state index contributed by atoms with van der Waals surface area (Å²) in [7, 11) is 0. The molecule has 0 saturated heterocycles. The molecule has 0 aliphatic rings. The summed E-state index contributed by atoms with van der Waals surface area (Å²) in [5, 5.41) is 17.2. The lowest BCUT2D eigenvalue weighted by Crippen LogP contribution is -2.15. The number of ether oxygens (including phenoxy) is 2. The van der Waals surface area contributed by atoms with Gasteiger partial charge in [0.25, 0.3) is 0 Å². The van der Waals surface area contributed by atoms with Gasteiger partial charge < -0.3 is 15.2 Å². The van der Waals surface area contributed by atoms with Crippen molar-refractivity contribution in [3.63, 3.8) is 0 Å². The van der Waals surface area contributed by atoms with Gasteiger partial charge in [0, 0.05) is 11.4 Å². The average Bonchev–Trinajstić information content (AvgIpc) is 2.75. The van der Waals surface area contributed by atoms with Crippen molar-refractivity contribution in [2.45, 2.75) is 0 Å². The Morgan fingerprint density at radius 3 is 1.83 bits per heavy atom. The van der Waals surface area contributed by atoms with Gasteiger partial charge in [0.15, 0.2) is 24.8 Å². The van der Waals surface area contributed by atoms with Gasteiger partial charge in [-0.25, -0.2) is 9.37 Å². The van der Waals surface area contributed by atoms with Gasteiger partial charge in [-0.05, 0) is 48.5 Å². The second-order valence-corrected chi connectivity index (χ2v) is 5.62. The van der Waals surface area contributed by atoms with Crippen LogP contribution in [0, 0.1) is 28.5 Å². The number of aromatic nitrogens is 2. The standard InChI is InChI=1S/C20H15FN6O2/c21-18-13-25-20(24)26-19(18)27(14-1-5-16(6-2-14)28-11-9-22)15-3-7-17(8-4-15)29-12-10-23/h1-8,13H,11-12H2,(H2,24,25,26). The van der Waals surface area contributed by atoms with Crippen molar-refractivity contribution in [1.29, 1.82) is 10.5 Å². The number of anilines is 4. The Kier molecular flexibility index (Phi) is 6.03. The van der Waals surface area contributed by atoms with Crippen molar-refractivity contribution < 1.29 is 13.9 Å². The van der Waals surface area contributed by atoms with Gasteiger partial charge >= 0.3 is 0 Å². The molecule has 0 fully saturated rings. The molecule has 0 unspecified atom stereocenters. The quantitative estimate of drug-likeness (QED) is 0.651. The molecule has 0 spiro atoms. The van der Waals surface area contributed by atoms with E-state index in [-0.39, 0.29) is 25.0 Å². The van der Waals surface area contributed by atoms with E-state index in [0.717, 1.165) is 6.20 Å². The molecule has 0 radical (unpaired) electrons. The van der Waals surface area contributed by atoms with Gasteiger partial charge in [-0.15, -0.1) is 0 Å². The second-order valence-electron chi connectivity index (χ2n) is 5.62. The van der Waals surface area contributed by atoms with E-state index in [9.17, 15) is 4.39 Å². The van der Waals surface area contributed by atoms with Crippen LogP contribution in [0.2, 0.25) is 0 Å². The van der Waals surface area contributed by atoms with Gasteiger partial charge in [-0.1, -0.05) is 0 Å². The average molecular weight is 390 g/mol. The highest BCUT2D eigenvalue weighted by Gasteiger charge is 2.19. The Labute approximate surface area is 166 Å². The van der Waals surface area contributed by atoms with E-state index in [1.54, 1.807) is 53.4 Å². The van der Waals surface area contributed by atoms with Gasteiger partial charge in [0.2, 0.25) is 5.95 Å². The molecule has 29 heavy (non-hydrogen) atoms. The minimum Gasteiger partial charge on any atom is -0.479 e. The topological polar surface area (TPSA) is 121 Å². The van der Waals surface area contributed by atoms with Crippen molar-refractivity contribution in [3.8, 4) is 23.6 Å². The van der Waals surface area contributed by atoms with Gasteiger partial charge in [-0.2, -0.15) is 15.5 Å². The molecule has 2 aromatic carbocycles. The number of hydrogen-bond donors (Lipinski definition) is 1. The monoisotopic (exact) mass is 390 g/mol. The summed E-state index contributed by atoms with van der Waals surface area (Å²) in [6.07, 6.45) is 0.999. The summed E-state index contributed by atoms with van der Waals surface area (Å²) in [5.74, 6) is 0.230. The first-order chi connectivity index (χ1) is 14.1. The Balaban J connectivity index is 2.02. The Morgan fingerprint density at radius 2 is 1.38 bits per heavy atom. The Hall–Kier alpha value is -4.37. The first-order valence-corrected chi connectivity index (χ1v) is 8.40. The van der Waals surface area contributed by atoms with E-state index >= 15 is 0 Å². The third kappa shape index (κ3) is 4.67. The molecule has 2 N–H and O–H groups in total. The maximum Gasteiger partial charge on any atom is 0.222 e. The zero-order valence-corrected chi connectivity index (χ0v) is 15.1. The fourth-order valence-electron chi connectivity index (χ4n) is 2.54. The van der Waals surface area contributed by atoms with Crippen LogP contribution in [-0.2, 0) is 0 Å². The molecule has 144 valence electrons. The maximum atomic E-state index is 14.5. The summed E-state index contributed by atoms with van der Waals surface area (Å²) in [4.78, 5) is 9.26. The molecule has 1 aromatic heterocycles. The van der Waals surface area contributed by atoms with Crippen LogP contribution in [0.15, 0.2) is 54.7 Å². The van der Waals surface area contributed by atoms with Crippen molar-refractivity contribution in [2.75, 3.05) is 23.8 Å². The van der Waals surface area contributed by atoms with Crippen molar-refractivity contribution in [2.24, 2.45) is 0 Å². The molecule has 0 aliphatic heterocycles. The lowest BCUT2D eigenvalue weighted by molar-refractivity contribution is 0.368. The highest BCUT2D eigenvalue weighted by molar-refractivity contribution is 5.75. The third-order valence-corrected chi connectivity index (χ3v) is 3.75. The van der Waals surface area contributed by atoms with Crippen LogP contribution >= 0.6 is 0 Å². The van der Waals surface area contributed by atoms with Crippen LogP contribution in [0.5, 0.6) is 11.5 Å². The van der Waals surface area contributed by atoms with Crippen LogP contribution in [0.4, 0.5) is 27.5 Å². The highest BCUT2D eigenvalue weighted by atomic mass is 19.1. The van der Waals surface area contributed by atoms with Gasteiger partial charge in [0.05, 0.1) is 6.20 Å². The fourth-order valence-corrected chi connectivity index (χ4v) is 2.54. The van der Waals surface area contributed by atoms with Crippen LogP contribution in [0.3, 0.4) is 0 Å². The Morgan fingerprint density at radius 1 is 0.897 bits per heavy atom. The predicted molar refractivity (Wildman–Crippen MR) is 103 cm³/mol. The third-order valence-electron chi connectivity index (χ3n) is 3.75. The van der Waals surface area contributed by atoms with Crippen molar-refractivity contribution in [3.05, 3.63) is 60.5 Å². The zero-order valence-electron chi connectivity index (χ0n) is 15.1. The first kappa shape index (κ1) is 19.4. The molecule has 0 bridgehead atoms. The molecule has 0 atom stereocenters. The number of nitrogens with zero attached hydrogens (tertiary/aromatic N) is 5. The molecule has 0 saturated carbocycles. The minimum absolute atomic E-state index is 0.0334. The van der Waals surface area contributed by atoms with E-state index in [4.69, 9.17) is 25.7 Å². The molecule has 8 nitrogen and oxygen atoms in total. The summed E-state index contributed by atoms with van der Waals surface area (Å²) in [5.41, 5.74) is 6.82. The molecular formula is C20H15FN6O2. The molecule has 0 amide bonds. The van der Waals surface area contributed by atoms with Crippen molar-refractivity contribution >= 4 is 23.1 Å². The number of halogens is 1. The second kappa shape index (κ2) is 9.02. The number of rotatable bonds is 7. The van der Waals surface area contributed by atoms with Crippen molar-refractivity contribution in [1.82, 2.24) is 9.97 Å². The first-order valence-electron chi connectivity index (χ1n) is 8.40. The molecule has 1 heterocycles. The van der Waals surface area contributed by atoms with Crippen LogP contribution in [0.1, 0.15) is 0 Å². The number of nitriles is 2. The van der Waals surface area contributed by atoms with Crippen LogP contribution in [0.25, 0.3) is 0 Å². The van der Waals surface area contributed by atoms with E-state index in [1.165, 1.54) is 0 Å². The molecule has 3 rings (SSSR count). The molecule has 3 aromatic rings. The zero-order chi connectivity index (χ0) is 20.6. The van der Waals surface area contributed by atoms with E-state index in [0.29, 0.717) is 22.9 Å². The maximum absolute atomic E-state index is 14.5. The van der Waals surface area contributed by atoms with Crippen LogP contribution in [-0.4, -0.2) is 23.2 Å². The van der Waals surface area contributed by atoms with Crippen LogP contribution < -0.4 is 20.1 Å². The number of hydrogen-bond acceptors (Lipinski definition) is 8. The SMILES string of the molecule is N#CCOc1ccc(N(c2ccc(OCC#N)cc2)c2nc(N)ncc2F)cc1. The summed E-state index contributed by atoms with van der Waals surface area (Å²) >= 11 is 0. The number of nitrogen functional groups attached to an aromatic ring is 1. The summed E-state index contributed by atoms with van der Waals surface area (Å²) in [6, 6.07) is 17.2. The molecular weight excluding hydrogens is 375 g/mol. The number of nitrogens with two attached hydrogens (primary N) is 1. The van der Waals surface area contributed by atoms with Gasteiger partial charge in [0.1, 0.15) is 23.6 Å². The summed E-state index contributed by atoms with van der Waals surface area (Å²) < 4.78 is 25.0. The Bertz CT molecular complexity index is 997. The fraction of sp³-hybridized carbons (Fsp3) is 0.100. The van der Waals surface area contributed by atoms with E-state index in [2.05, 4.69) is 9.97 Å². The normalized spacial score (nSPS) is 9.90. The highest BCUT2D eigenvalue weighted by Crippen LogP contribution is 2.36. The number of benzene rings is 2. The lowest BCUT2D eigenvalue weighted by Gasteiger charge is -2.25. The molecule has 9 heteroatoms.